The Morgan fingerprint density at radius 1 is 1.29 bits per heavy atom. The molecule has 4 heteroatoms. The average molecular weight is 253 g/mol. The maximum Gasteiger partial charge on any atom is 0.357 e. The second-order valence-corrected chi connectivity index (χ2v) is 5.86. The highest BCUT2D eigenvalue weighted by molar-refractivity contribution is 7.12. The fourth-order valence-corrected chi connectivity index (χ4v) is 3.59. The normalized spacial score (nSPS) is 17.8. The zero-order valence-corrected chi connectivity index (χ0v) is 11.3. The molecule has 1 aliphatic rings. The Morgan fingerprint density at radius 3 is 2.53 bits per heavy atom. The molecule has 1 heterocycles. The number of aromatic nitrogens is 1. The minimum atomic E-state index is -0.284. The summed E-state index contributed by atoms with van der Waals surface area (Å²) in [6, 6.07) is 0. The fourth-order valence-electron chi connectivity index (χ4n) is 2.50. The number of carbonyl (C=O) groups is 1. The molecule has 94 valence electrons. The van der Waals surface area contributed by atoms with E-state index in [0.29, 0.717) is 11.6 Å². The van der Waals surface area contributed by atoms with E-state index >= 15 is 0 Å². The highest BCUT2D eigenvalue weighted by Gasteiger charge is 2.25. The second kappa shape index (κ2) is 5.63. The molecule has 0 saturated heterocycles. The van der Waals surface area contributed by atoms with Crippen molar-refractivity contribution in [2.45, 2.75) is 51.4 Å². The van der Waals surface area contributed by atoms with E-state index in [2.05, 4.69) is 4.98 Å². The van der Waals surface area contributed by atoms with Gasteiger partial charge in [0.2, 0.25) is 0 Å². The topological polar surface area (TPSA) is 39.2 Å². The Hall–Kier alpha value is -0.900. The van der Waals surface area contributed by atoms with Crippen LogP contribution >= 0.6 is 11.3 Å². The third kappa shape index (κ3) is 2.86. The molecule has 1 fully saturated rings. The molecular formula is C13H19NO2S. The molecule has 2 rings (SSSR count). The van der Waals surface area contributed by atoms with Crippen molar-refractivity contribution in [3.05, 3.63) is 15.6 Å². The number of rotatable bonds is 2. The van der Waals surface area contributed by atoms with Gasteiger partial charge in [-0.1, -0.05) is 25.7 Å². The zero-order valence-electron chi connectivity index (χ0n) is 10.5. The average Bonchev–Trinajstić information content (AvgIpc) is 2.56. The minimum absolute atomic E-state index is 0.284. The van der Waals surface area contributed by atoms with Crippen LogP contribution in [0.5, 0.6) is 0 Å². The third-order valence-electron chi connectivity index (χ3n) is 3.37. The van der Waals surface area contributed by atoms with Crippen LogP contribution in [-0.2, 0) is 4.74 Å². The third-order valence-corrected chi connectivity index (χ3v) is 4.50. The minimum Gasteiger partial charge on any atom is -0.464 e. The van der Waals surface area contributed by atoms with Crippen LogP contribution in [-0.4, -0.2) is 18.1 Å². The lowest BCUT2D eigenvalue weighted by Gasteiger charge is -2.12. The van der Waals surface area contributed by atoms with Gasteiger partial charge in [0.15, 0.2) is 5.69 Å². The number of methoxy groups -OCH3 is 1. The summed E-state index contributed by atoms with van der Waals surface area (Å²) in [7, 11) is 1.42. The van der Waals surface area contributed by atoms with Crippen molar-refractivity contribution in [2.24, 2.45) is 0 Å². The lowest BCUT2D eigenvalue weighted by molar-refractivity contribution is 0.0593. The number of aryl methyl sites for hydroxylation is 1. The zero-order chi connectivity index (χ0) is 12.3. The highest BCUT2D eigenvalue weighted by atomic mass is 32.1. The van der Waals surface area contributed by atoms with Gasteiger partial charge in [0.25, 0.3) is 0 Å². The standard InChI is InChI=1S/C13H19NO2S/c1-9-14-11(13(15)16-2)12(17-9)10-7-5-3-4-6-8-10/h10H,3-8H2,1-2H3. The van der Waals surface area contributed by atoms with Crippen LogP contribution in [0.4, 0.5) is 0 Å². The van der Waals surface area contributed by atoms with Crippen molar-refractivity contribution in [2.75, 3.05) is 7.11 Å². The fraction of sp³-hybridized carbons (Fsp3) is 0.692. The number of carbonyl (C=O) groups excluding carboxylic acids is 1. The van der Waals surface area contributed by atoms with Gasteiger partial charge in [-0.05, 0) is 25.7 Å². The smallest absolute Gasteiger partial charge is 0.357 e. The molecule has 0 spiro atoms. The van der Waals surface area contributed by atoms with Gasteiger partial charge in [-0.2, -0.15) is 0 Å². The largest absolute Gasteiger partial charge is 0.464 e. The molecule has 0 N–H and O–H groups in total. The van der Waals surface area contributed by atoms with Crippen molar-refractivity contribution < 1.29 is 9.53 Å². The summed E-state index contributed by atoms with van der Waals surface area (Å²) in [4.78, 5) is 17.2. The highest BCUT2D eigenvalue weighted by Crippen LogP contribution is 2.36. The molecule has 1 aromatic rings. The first-order chi connectivity index (χ1) is 8.22. The van der Waals surface area contributed by atoms with Crippen LogP contribution in [0.15, 0.2) is 0 Å². The van der Waals surface area contributed by atoms with Crippen LogP contribution in [0.1, 0.15) is 64.8 Å². The number of hydrogen-bond donors (Lipinski definition) is 0. The van der Waals surface area contributed by atoms with E-state index in [1.807, 2.05) is 6.92 Å². The number of thiazole rings is 1. The number of esters is 1. The molecule has 1 aromatic heterocycles. The summed E-state index contributed by atoms with van der Waals surface area (Å²) in [5, 5.41) is 0.963. The molecule has 3 nitrogen and oxygen atoms in total. The first-order valence-corrected chi connectivity index (χ1v) is 7.09. The molecule has 17 heavy (non-hydrogen) atoms. The van der Waals surface area contributed by atoms with E-state index in [-0.39, 0.29) is 5.97 Å². The lowest BCUT2D eigenvalue weighted by atomic mass is 9.97. The van der Waals surface area contributed by atoms with E-state index in [9.17, 15) is 4.79 Å². The molecule has 0 bridgehead atoms. The van der Waals surface area contributed by atoms with Gasteiger partial charge in [-0.15, -0.1) is 11.3 Å². The van der Waals surface area contributed by atoms with Gasteiger partial charge in [0.1, 0.15) is 0 Å². The van der Waals surface area contributed by atoms with Gasteiger partial charge in [-0.3, -0.25) is 0 Å². The van der Waals surface area contributed by atoms with E-state index in [4.69, 9.17) is 4.74 Å². The van der Waals surface area contributed by atoms with E-state index in [1.165, 1.54) is 45.6 Å². The van der Waals surface area contributed by atoms with Gasteiger partial charge in [-0.25, -0.2) is 9.78 Å². The van der Waals surface area contributed by atoms with E-state index < -0.39 is 0 Å². The molecule has 0 radical (unpaired) electrons. The van der Waals surface area contributed by atoms with Crippen molar-refractivity contribution in [3.8, 4) is 0 Å². The Kier molecular flexibility index (Phi) is 4.15. The number of hydrogen-bond acceptors (Lipinski definition) is 4. The maximum absolute atomic E-state index is 11.7. The molecule has 0 amide bonds. The van der Waals surface area contributed by atoms with Crippen LogP contribution < -0.4 is 0 Å². The Bertz CT molecular complexity index is 392. The summed E-state index contributed by atoms with van der Waals surface area (Å²) in [6.07, 6.45) is 7.55. The SMILES string of the molecule is COC(=O)c1nc(C)sc1C1CCCCCC1. The summed E-state index contributed by atoms with van der Waals surface area (Å²) < 4.78 is 4.82. The van der Waals surface area contributed by atoms with Gasteiger partial charge in [0.05, 0.1) is 12.1 Å². The van der Waals surface area contributed by atoms with Crippen LogP contribution in [0.2, 0.25) is 0 Å². The summed E-state index contributed by atoms with van der Waals surface area (Å²) >= 11 is 1.66. The van der Waals surface area contributed by atoms with Gasteiger partial charge in [0, 0.05) is 4.88 Å². The van der Waals surface area contributed by atoms with Gasteiger partial charge < -0.3 is 4.74 Å². The molecular weight excluding hydrogens is 234 g/mol. The molecule has 0 aromatic carbocycles. The van der Waals surface area contributed by atoms with Crippen molar-refractivity contribution in [3.63, 3.8) is 0 Å². The molecule has 0 aliphatic heterocycles. The lowest BCUT2D eigenvalue weighted by Crippen LogP contribution is -2.07. The summed E-state index contributed by atoms with van der Waals surface area (Å²) in [5.41, 5.74) is 0.557. The molecule has 1 aliphatic carbocycles. The molecule has 0 atom stereocenters. The van der Waals surface area contributed by atoms with Crippen LogP contribution in [0.3, 0.4) is 0 Å². The molecule has 1 saturated carbocycles. The quantitative estimate of drug-likeness (QED) is 0.596. The molecule has 0 unspecified atom stereocenters. The number of nitrogens with zero attached hydrogens (tertiary/aromatic N) is 1. The Labute approximate surface area is 106 Å². The van der Waals surface area contributed by atoms with E-state index in [1.54, 1.807) is 11.3 Å². The van der Waals surface area contributed by atoms with Crippen molar-refractivity contribution >= 4 is 17.3 Å². The number of ether oxygens (including phenoxy) is 1. The van der Waals surface area contributed by atoms with Crippen molar-refractivity contribution in [1.82, 2.24) is 4.98 Å². The monoisotopic (exact) mass is 253 g/mol. The van der Waals surface area contributed by atoms with Crippen LogP contribution in [0, 0.1) is 6.92 Å². The second-order valence-electron chi connectivity index (χ2n) is 4.63. The van der Waals surface area contributed by atoms with Crippen LogP contribution in [0.25, 0.3) is 0 Å². The first kappa shape index (κ1) is 12.6. The van der Waals surface area contributed by atoms with Crippen molar-refractivity contribution in [1.29, 1.82) is 0 Å². The maximum atomic E-state index is 11.7. The predicted molar refractivity (Wildman–Crippen MR) is 68.6 cm³/mol. The van der Waals surface area contributed by atoms with E-state index in [0.717, 1.165) is 9.88 Å². The summed E-state index contributed by atoms with van der Waals surface area (Å²) in [5.74, 6) is 0.228. The first-order valence-electron chi connectivity index (χ1n) is 6.28. The predicted octanol–water partition coefficient (Wildman–Crippen LogP) is 3.68. The Balaban J connectivity index is 2.26. The Morgan fingerprint density at radius 2 is 1.94 bits per heavy atom. The van der Waals surface area contributed by atoms with Gasteiger partial charge >= 0.3 is 5.97 Å². The summed E-state index contributed by atoms with van der Waals surface area (Å²) in [6.45, 7) is 1.96.